The number of nitrogens with zero attached hydrogens (tertiary/aromatic N) is 1. The number of carbonyl (C=O) groups is 1. The summed E-state index contributed by atoms with van der Waals surface area (Å²) in [6.45, 7) is 3.21. The molecule has 110 valence electrons. The Balaban J connectivity index is 1.99. The van der Waals surface area contributed by atoms with Crippen LogP contribution in [0.5, 0.6) is 0 Å². The van der Waals surface area contributed by atoms with Gasteiger partial charge in [-0.1, -0.05) is 30.3 Å². The maximum absolute atomic E-state index is 12.5. The molecule has 0 radical (unpaired) electrons. The van der Waals surface area contributed by atoms with Crippen molar-refractivity contribution in [1.29, 1.82) is 0 Å². The molecule has 5 heteroatoms. The summed E-state index contributed by atoms with van der Waals surface area (Å²) in [5, 5.41) is 0. The minimum absolute atomic E-state index is 0.0891. The average Bonchev–Trinajstić information content (AvgIpc) is 2.45. The number of amides is 1. The molecule has 1 saturated heterocycles. The van der Waals surface area contributed by atoms with Crippen LogP contribution in [-0.4, -0.2) is 37.3 Å². The Morgan fingerprint density at radius 2 is 1.80 bits per heavy atom. The van der Waals surface area contributed by atoms with Gasteiger partial charge in [-0.2, -0.15) is 0 Å². The van der Waals surface area contributed by atoms with E-state index < -0.39 is 9.84 Å². The van der Waals surface area contributed by atoms with E-state index in [2.05, 4.69) is 0 Å². The highest BCUT2D eigenvalue weighted by molar-refractivity contribution is 7.91. The van der Waals surface area contributed by atoms with Crippen molar-refractivity contribution in [1.82, 2.24) is 4.90 Å². The molecule has 0 N–H and O–H groups in total. The van der Waals surface area contributed by atoms with Gasteiger partial charge >= 0.3 is 0 Å². The number of hydrogen-bond acceptors (Lipinski definition) is 3. The number of carbonyl (C=O) groups excluding carboxylic acids is 1. The molecule has 0 bridgehead atoms. The van der Waals surface area contributed by atoms with E-state index in [9.17, 15) is 13.2 Å². The Morgan fingerprint density at radius 3 is 2.35 bits per heavy atom. The molecule has 0 atom stereocenters. The van der Waals surface area contributed by atoms with Gasteiger partial charge in [0, 0.05) is 19.0 Å². The molecule has 1 fully saturated rings. The van der Waals surface area contributed by atoms with Crippen LogP contribution in [-0.2, 0) is 21.2 Å². The van der Waals surface area contributed by atoms with Gasteiger partial charge in [0.25, 0.3) is 0 Å². The first-order chi connectivity index (χ1) is 9.52. The second-order valence-corrected chi connectivity index (χ2v) is 7.57. The summed E-state index contributed by atoms with van der Waals surface area (Å²) in [4.78, 5) is 14.3. The van der Waals surface area contributed by atoms with Crippen molar-refractivity contribution in [2.75, 3.05) is 18.1 Å². The maximum atomic E-state index is 12.5. The Labute approximate surface area is 120 Å². The summed E-state index contributed by atoms with van der Waals surface area (Å²) < 4.78 is 22.8. The van der Waals surface area contributed by atoms with Crippen LogP contribution in [0.15, 0.2) is 30.3 Å². The molecule has 4 nitrogen and oxygen atoms in total. The first-order valence-corrected chi connectivity index (χ1v) is 8.87. The Hall–Kier alpha value is -1.36. The van der Waals surface area contributed by atoms with Gasteiger partial charge in [-0.25, -0.2) is 8.42 Å². The lowest BCUT2D eigenvalue weighted by Gasteiger charge is -2.28. The molecule has 20 heavy (non-hydrogen) atoms. The van der Waals surface area contributed by atoms with Crippen LogP contribution >= 0.6 is 0 Å². The van der Waals surface area contributed by atoms with E-state index in [-0.39, 0.29) is 23.3 Å². The van der Waals surface area contributed by atoms with E-state index in [4.69, 9.17) is 0 Å². The molecule has 1 aliphatic rings. The topological polar surface area (TPSA) is 54.5 Å². The molecular weight excluding hydrogens is 274 g/mol. The van der Waals surface area contributed by atoms with E-state index in [1.54, 1.807) is 0 Å². The van der Waals surface area contributed by atoms with Gasteiger partial charge in [-0.15, -0.1) is 0 Å². The summed E-state index contributed by atoms with van der Waals surface area (Å²) in [5.41, 5.74) is 1.10. The predicted octanol–water partition coefficient (Wildman–Crippen LogP) is 1.86. The molecule has 1 aliphatic heterocycles. The second kappa shape index (κ2) is 6.39. The normalized spacial score (nSPS) is 18.6. The van der Waals surface area contributed by atoms with Crippen molar-refractivity contribution in [3.63, 3.8) is 0 Å². The van der Waals surface area contributed by atoms with E-state index in [0.29, 0.717) is 25.9 Å². The van der Waals surface area contributed by atoms with E-state index in [1.165, 1.54) is 0 Å². The predicted molar refractivity (Wildman–Crippen MR) is 78.9 cm³/mol. The van der Waals surface area contributed by atoms with E-state index >= 15 is 0 Å². The van der Waals surface area contributed by atoms with Crippen molar-refractivity contribution in [3.05, 3.63) is 35.9 Å². The lowest BCUT2D eigenvalue weighted by Crippen LogP contribution is -2.39. The molecule has 1 aromatic carbocycles. The summed E-state index contributed by atoms with van der Waals surface area (Å²) in [6, 6.07) is 9.87. The third kappa shape index (κ3) is 3.82. The van der Waals surface area contributed by atoms with Gasteiger partial charge in [-0.3, -0.25) is 4.79 Å². The molecule has 0 unspecified atom stereocenters. The summed E-state index contributed by atoms with van der Waals surface area (Å²) in [5.74, 6) is 0.243. The fourth-order valence-corrected chi connectivity index (χ4v) is 4.04. The fraction of sp³-hybridized carbons (Fsp3) is 0.533. The zero-order valence-electron chi connectivity index (χ0n) is 11.8. The zero-order chi connectivity index (χ0) is 14.6. The van der Waals surface area contributed by atoms with Crippen molar-refractivity contribution in [2.45, 2.75) is 26.3 Å². The van der Waals surface area contributed by atoms with Gasteiger partial charge in [0.15, 0.2) is 0 Å². The van der Waals surface area contributed by atoms with Crippen LogP contribution in [0.2, 0.25) is 0 Å². The highest BCUT2D eigenvalue weighted by atomic mass is 32.2. The standard InChI is InChI=1S/C15H21NO3S/c1-2-16(12-13-6-4-3-5-7-13)15(17)14-8-10-20(18,19)11-9-14/h3-7,14H,2,8-12H2,1H3. The quantitative estimate of drug-likeness (QED) is 0.852. The van der Waals surface area contributed by atoms with Crippen LogP contribution in [0.1, 0.15) is 25.3 Å². The molecule has 0 spiro atoms. The zero-order valence-corrected chi connectivity index (χ0v) is 12.6. The number of sulfone groups is 1. The fourth-order valence-electron chi connectivity index (χ4n) is 2.54. The first kappa shape index (κ1) is 15.0. The lowest BCUT2D eigenvalue weighted by atomic mass is 10.0. The monoisotopic (exact) mass is 295 g/mol. The Morgan fingerprint density at radius 1 is 1.20 bits per heavy atom. The van der Waals surface area contributed by atoms with Gasteiger partial charge in [0.1, 0.15) is 9.84 Å². The lowest BCUT2D eigenvalue weighted by molar-refractivity contribution is -0.136. The van der Waals surface area contributed by atoms with Gasteiger partial charge in [0.2, 0.25) is 5.91 Å². The molecule has 0 aromatic heterocycles. The van der Waals surface area contributed by atoms with Crippen LogP contribution in [0.4, 0.5) is 0 Å². The SMILES string of the molecule is CCN(Cc1ccccc1)C(=O)C1CCS(=O)(=O)CC1. The van der Waals surface area contributed by atoms with Crippen molar-refractivity contribution < 1.29 is 13.2 Å². The average molecular weight is 295 g/mol. The largest absolute Gasteiger partial charge is 0.338 e. The van der Waals surface area contributed by atoms with Gasteiger partial charge in [-0.05, 0) is 25.3 Å². The minimum Gasteiger partial charge on any atom is -0.338 e. The molecule has 1 heterocycles. The molecule has 0 saturated carbocycles. The highest BCUT2D eigenvalue weighted by Gasteiger charge is 2.30. The summed E-state index contributed by atoms with van der Waals surface area (Å²) in [7, 11) is -2.91. The first-order valence-electron chi connectivity index (χ1n) is 7.05. The summed E-state index contributed by atoms with van der Waals surface area (Å²) >= 11 is 0. The molecule has 1 aromatic rings. The smallest absolute Gasteiger partial charge is 0.226 e. The summed E-state index contributed by atoms with van der Waals surface area (Å²) in [6.07, 6.45) is 0.929. The van der Waals surface area contributed by atoms with E-state index in [0.717, 1.165) is 5.56 Å². The molecule has 1 amide bonds. The Kier molecular flexibility index (Phi) is 4.81. The van der Waals surface area contributed by atoms with E-state index in [1.807, 2.05) is 42.2 Å². The second-order valence-electron chi connectivity index (χ2n) is 5.26. The van der Waals surface area contributed by atoms with Crippen LogP contribution in [0.3, 0.4) is 0 Å². The number of hydrogen-bond donors (Lipinski definition) is 0. The van der Waals surface area contributed by atoms with Gasteiger partial charge < -0.3 is 4.90 Å². The van der Waals surface area contributed by atoms with Crippen LogP contribution < -0.4 is 0 Å². The van der Waals surface area contributed by atoms with Crippen LogP contribution in [0, 0.1) is 5.92 Å². The molecule has 2 rings (SSSR count). The Bertz CT molecular complexity index is 540. The third-order valence-corrected chi connectivity index (χ3v) is 5.53. The highest BCUT2D eigenvalue weighted by Crippen LogP contribution is 2.22. The van der Waals surface area contributed by atoms with Crippen molar-refractivity contribution >= 4 is 15.7 Å². The van der Waals surface area contributed by atoms with Gasteiger partial charge in [0.05, 0.1) is 11.5 Å². The van der Waals surface area contributed by atoms with Crippen molar-refractivity contribution in [3.8, 4) is 0 Å². The third-order valence-electron chi connectivity index (χ3n) is 3.81. The van der Waals surface area contributed by atoms with Crippen molar-refractivity contribution in [2.24, 2.45) is 5.92 Å². The maximum Gasteiger partial charge on any atom is 0.226 e. The number of rotatable bonds is 4. The minimum atomic E-state index is -2.91. The molecular formula is C15H21NO3S. The molecule has 0 aliphatic carbocycles. The number of benzene rings is 1. The van der Waals surface area contributed by atoms with Crippen LogP contribution in [0.25, 0.3) is 0 Å².